The van der Waals surface area contributed by atoms with Crippen molar-refractivity contribution < 1.29 is 18.0 Å². The van der Waals surface area contributed by atoms with Crippen LogP contribution in [0.5, 0.6) is 0 Å². The molecule has 162 valence electrons. The molecule has 0 saturated heterocycles. The van der Waals surface area contributed by atoms with Crippen molar-refractivity contribution in [2.75, 3.05) is 6.54 Å². The zero-order valence-electron chi connectivity index (χ0n) is 17.1. The summed E-state index contributed by atoms with van der Waals surface area (Å²) in [6.45, 7) is 5.95. The van der Waals surface area contributed by atoms with E-state index in [2.05, 4.69) is 15.0 Å². The summed E-state index contributed by atoms with van der Waals surface area (Å²) in [6.07, 6.45) is 1.74. The van der Waals surface area contributed by atoms with E-state index in [1.54, 1.807) is 12.1 Å². The first-order valence-electron chi connectivity index (χ1n) is 9.45. The number of guanidine groups is 1. The van der Waals surface area contributed by atoms with Crippen LogP contribution >= 0.6 is 0 Å². The van der Waals surface area contributed by atoms with Gasteiger partial charge in [0.1, 0.15) is 12.3 Å². The number of hydrogen-bond donors (Lipinski definition) is 4. The molecule has 1 aromatic rings. The molecule has 2 atom stereocenters. The van der Waals surface area contributed by atoms with E-state index >= 15 is 0 Å². The third-order valence-corrected chi connectivity index (χ3v) is 5.60. The molecule has 0 spiro atoms. The van der Waals surface area contributed by atoms with Gasteiger partial charge in [0.05, 0.1) is 10.9 Å². The normalized spacial score (nSPS) is 13.5. The molecule has 0 saturated carbocycles. The molecule has 1 amide bonds. The number of aliphatic imine (C=N–C) groups is 1. The van der Waals surface area contributed by atoms with Gasteiger partial charge in [0.15, 0.2) is 5.96 Å². The molecule has 29 heavy (non-hydrogen) atoms. The van der Waals surface area contributed by atoms with E-state index in [0.29, 0.717) is 25.7 Å². The Morgan fingerprint density at radius 3 is 2.34 bits per heavy atom. The smallest absolute Gasteiger partial charge is 0.241 e. The standard InChI is InChI=1S/C19H31N5O4S/c1-13(2)11-17(24-29(27,28)16-8-6-14(3)7-9-16)18(26)23-15(12-25)5-4-10-22-19(20)21/h6-9,12-13,15,17,24H,4-5,10-11H2,1-3H3,(H,23,26)(H4,20,21,22)/t15-,17-/m0/s1. The van der Waals surface area contributed by atoms with Crippen LogP contribution in [0.1, 0.15) is 38.7 Å². The maximum absolute atomic E-state index is 12.7. The molecule has 9 nitrogen and oxygen atoms in total. The van der Waals surface area contributed by atoms with Gasteiger partial charge in [-0.25, -0.2) is 8.42 Å². The Labute approximate surface area is 172 Å². The highest BCUT2D eigenvalue weighted by atomic mass is 32.2. The second kappa shape index (κ2) is 11.5. The van der Waals surface area contributed by atoms with Crippen LogP contribution < -0.4 is 21.5 Å². The molecule has 1 rings (SSSR count). The summed E-state index contributed by atoms with van der Waals surface area (Å²) in [7, 11) is -3.88. The second-order valence-corrected chi connectivity index (χ2v) is 9.03. The first kappa shape index (κ1) is 24.6. The number of benzene rings is 1. The molecular weight excluding hydrogens is 394 g/mol. The van der Waals surface area contributed by atoms with Gasteiger partial charge in [0, 0.05) is 6.54 Å². The van der Waals surface area contributed by atoms with Crippen molar-refractivity contribution in [1.29, 1.82) is 0 Å². The predicted octanol–water partition coefficient (Wildman–Crippen LogP) is 0.425. The summed E-state index contributed by atoms with van der Waals surface area (Å²) in [4.78, 5) is 27.9. The molecule has 0 aliphatic heterocycles. The van der Waals surface area contributed by atoms with Crippen molar-refractivity contribution >= 4 is 28.2 Å². The first-order chi connectivity index (χ1) is 13.5. The Balaban J connectivity index is 2.84. The Bertz CT molecular complexity index is 802. The fourth-order valence-electron chi connectivity index (χ4n) is 2.63. The number of sulfonamides is 1. The van der Waals surface area contributed by atoms with Crippen molar-refractivity contribution in [2.24, 2.45) is 22.4 Å². The lowest BCUT2D eigenvalue weighted by Gasteiger charge is -2.22. The Morgan fingerprint density at radius 1 is 1.21 bits per heavy atom. The Kier molecular flexibility index (Phi) is 9.76. The lowest BCUT2D eigenvalue weighted by Crippen LogP contribution is -2.50. The summed E-state index contributed by atoms with van der Waals surface area (Å²) in [5.41, 5.74) is 11.4. The van der Waals surface area contributed by atoms with Gasteiger partial charge in [-0.05, 0) is 44.2 Å². The fraction of sp³-hybridized carbons (Fsp3) is 0.526. The number of nitrogens with one attached hydrogen (secondary N) is 2. The van der Waals surface area contributed by atoms with Gasteiger partial charge < -0.3 is 21.6 Å². The number of aryl methyl sites for hydroxylation is 1. The van der Waals surface area contributed by atoms with E-state index < -0.39 is 28.0 Å². The van der Waals surface area contributed by atoms with Crippen LogP contribution in [0.4, 0.5) is 0 Å². The van der Waals surface area contributed by atoms with Crippen molar-refractivity contribution in [1.82, 2.24) is 10.0 Å². The molecule has 1 aromatic carbocycles. The quantitative estimate of drug-likeness (QED) is 0.165. The zero-order chi connectivity index (χ0) is 22.0. The molecule has 0 unspecified atom stereocenters. The molecule has 0 aliphatic rings. The van der Waals surface area contributed by atoms with Crippen LogP contribution in [0, 0.1) is 12.8 Å². The number of carbonyl (C=O) groups is 2. The van der Waals surface area contributed by atoms with Crippen LogP contribution in [-0.2, 0) is 19.6 Å². The Morgan fingerprint density at radius 2 is 1.83 bits per heavy atom. The maximum atomic E-state index is 12.7. The lowest BCUT2D eigenvalue weighted by atomic mass is 10.0. The van der Waals surface area contributed by atoms with Crippen molar-refractivity contribution in [3.05, 3.63) is 29.8 Å². The van der Waals surface area contributed by atoms with E-state index in [-0.39, 0.29) is 23.2 Å². The highest BCUT2D eigenvalue weighted by Crippen LogP contribution is 2.13. The fourth-order valence-corrected chi connectivity index (χ4v) is 3.84. The number of aldehydes is 1. The van der Waals surface area contributed by atoms with Crippen LogP contribution in [0.3, 0.4) is 0 Å². The highest BCUT2D eigenvalue weighted by Gasteiger charge is 2.27. The van der Waals surface area contributed by atoms with Gasteiger partial charge in [-0.3, -0.25) is 9.79 Å². The van der Waals surface area contributed by atoms with Crippen molar-refractivity contribution in [3.63, 3.8) is 0 Å². The maximum Gasteiger partial charge on any atom is 0.241 e. The van der Waals surface area contributed by atoms with E-state index in [4.69, 9.17) is 11.5 Å². The molecule has 0 bridgehead atoms. The largest absolute Gasteiger partial charge is 0.370 e. The highest BCUT2D eigenvalue weighted by molar-refractivity contribution is 7.89. The van der Waals surface area contributed by atoms with Crippen molar-refractivity contribution in [3.8, 4) is 0 Å². The summed E-state index contributed by atoms with van der Waals surface area (Å²) in [5, 5.41) is 2.60. The van der Waals surface area contributed by atoms with Crippen LogP contribution in [0.25, 0.3) is 0 Å². The first-order valence-corrected chi connectivity index (χ1v) is 10.9. The number of amides is 1. The second-order valence-electron chi connectivity index (χ2n) is 7.32. The van der Waals surface area contributed by atoms with Gasteiger partial charge >= 0.3 is 0 Å². The number of nitrogens with zero attached hydrogens (tertiary/aromatic N) is 1. The van der Waals surface area contributed by atoms with E-state index in [9.17, 15) is 18.0 Å². The minimum Gasteiger partial charge on any atom is -0.370 e. The number of nitrogens with two attached hydrogens (primary N) is 2. The van der Waals surface area contributed by atoms with E-state index in [0.717, 1.165) is 5.56 Å². The minimum absolute atomic E-state index is 0.0424. The monoisotopic (exact) mass is 425 g/mol. The number of hydrogen-bond acceptors (Lipinski definition) is 5. The number of rotatable bonds is 12. The summed E-state index contributed by atoms with van der Waals surface area (Å²) in [5.74, 6) is -0.532. The van der Waals surface area contributed by atoms with Crippen LogP contribution in [0.15, 0.2) is 34.2 Å². The molecule has 0 heterocycles. The molecular formula is C19H31N5O4S. The minimum atomic E-state index is -3.88. The average molecular weight is 426 g/mol. The van der Waals surface area contributed by atoms with Gasteiger partial charge in [-0.15, -0.1) is 0 Å². The third-order valence-electron chi connectivity index (χ3n) is 4.11. The SMILES string of the molecule is Cc1ccc(S(=O)(=O)N[C@@H](CC(C)C)C(=O)N[C@H](C=O)CCCN=C(N)N)cc1. The third kappa shape index (κ3) is 9.05. The summed E-state index contributed by atoms with van der Waals surface area (Å²) >= 11 is 0. The van der Waals surface area contributed by atoms with Gasteiger partial charge in [-0.1, -0.05) is 31.5 Å². The van der Waals surface area contributed by atoms with Gasteiger partial charge in [0.25, 0.3) is 0 Å². The number of carbonyl (C=O) groups excluding carboxylic acids is 2. The van der Waals surface area contributed by atoms with E-state index in [1.165, 1.54) is 12.1 Å². The predicted molar refractivity (Wildman–Crippen MR) is 113 cm³/mol. The summed E-state index contributed by atoms with van der Waals surface area (Å²) in [6, 6.07) is 4.59. The molecule has 10 heteroatoms. The van der Waals surface area contributed by atoms with Crippen LogP contribution in [-0.4, -0.2) is 45.2 Å². The molecule has 0 fully saturated rings. The average Bonchev–Trinajstić information content (AvgIpc) is 2.63. The topological polar surface area (TPSA) is 157 Å². The van der Waals surface area contributed by atoms with Crippen molar-refractivity contribution in [2.45, 2.75) is 57.0 Å². The molecule has 0 aromatic heterocycles. The molecule has 0 radical (unpaired) electrons. The van der Waals surface area contributed by atoms with E-state index in [1.807, 2.05) is 20.8 Å². The van der Waals surface area contributed by atoms with Gasteiger partial charge in [0.2, 0.25) is 15.9 Å². The van der Waals surface area contributed by atoms with Gasteiger partial charge in [-0.2, -0.15) is 4.72 Å². The lowest BCUT2D eigenvalue weighted by molar-refractivity contribution is -0.125. The van der Waals surface area contributed by atoms with Crippen LogP contribution in [0.2, 0.25) is 0 Å². The molecule has 6 N–H and O–H groups in total. The summed E-state index contributed by atoms with van der Waals surface area (Å²) < 4.78 is 27.8. The molecule has 0 aliphatic carbocycles. The zero-order valence-corrected chi connectivity index (χ0v) is 17.9. The Hall–Kier alpha value is -2.46.